The minimum absolute atomic E-state index is 0.0295. The van der Waals surface area contributed by atoms with Gasteiger partial charge in [0.2, 0.25) is 0 Å². The maximum absolute atomic E-state index is 12.0. The quantitative estimate of drug-likeness (QED) is 0.700. The Morgan fingerprint density at radius 2 is 1.95 bits per heavy atom. The van der Waals surface area contributed by atoms with Crippen molar-refractivity contribution in [3.8, 4) is 0 Å². The van der Waals surface area contributed by atoms with Crippen LogP contribution >= 0.6 is 0 Å². The molecule has 0 saturated carbocycles. The summed E-state index contributed by atoms with van der Waals surface area (Å²) in [5, 5.41) is 11.4. The Morgan fingerprint density at radius 1 is 1.25 bits per heavy atom. The van der Waals surface area contributed by atoms with Gasteiger partial charge in [0.05, 0.1) is 18.8 Å². The first kappa shape index (κ1) is 16.8. The van der Waals surface area contributed by atoms with Gasteiger partial charge in [0.15, 0.2) is 0 Å². The Balaban J connectivity index is 2.09. The summed E-state index contributed by atoms with van der Waals surface area (Å²) in [6.45, 7) is 5.81. The van der Waals surface area contributed by atoms with Gasteiger partial charge >= 0.3 is 12.0 Å². The number of amides is 2. The molecule has 6 heteroatoms. The van der Waals surface area contributed by atoms with Crippen LogP contribution in [0.1, 0.15) is 46.0 Å². The molecule has 0 aromatic heterocycles. The maximum Gasteiger partial charge on any atom is 0.317 e. The van der Waals surface area contributed by atoms with E-state index in [9.17, 15) is 9.59 Å². The summed E-state index contributed by atoms with van der Waals surface area (Å²) in [7, 11) is 0. The van der Waals surface area contributed by atoms with Crippen molar-refractivity contribution in [3.63, 3.8) is 0 Å². The molecular formula is C14H26N2O4. The minimum Gasteiger partial charge on any atom is -0.481 e. The fraction of sp³-hybridized carbons (Fsp3) is 0.857. The summed E-state index contributed by atoms with van der Waals surface area (Å²) in [4.78, 5) is 24.2. The van der Waals surface area contributed by atoms with Crippen molar-refractivity contribution < 1.29 is 19.4 Å². The number of carboxylic acids is 1. The zero-order valence-electron chi connectivity index (χ0n) is 12.4. The molecule has 20 heavy (non-hydrogen) atoms. The second-order valence-electron chi connectivity index (χ2n) is 5.44. The highest BCUT2D eigenvalue weighted by Gasteiger charge is 2.26. The van der Waals surface area contributed by atoms with E-state index in [4.69, 9.17) is 9.84 Å². The molecule has 2 amide bonds. The largest absolute Gasteiger partial charge is 0.481 e. The first-order valence-corrected chi connectivity index (χ1v) is 7.38. The van der Waals surface area contributed by atoms with E-state index in [0.717, 1.165) is 19.3 Å². The van der Waals surface area contributed by atoms with Crippen LogP contribution in [0.25, 0.3) is 0 Å². The molecule has 1 fully saturated rings. The van der Waals surface area contributed by atoms with E-state index in [0.29, 0.717) is 26.1 Å². The fourth-order valence-electron chi connectivity index (χ4n) is 2.24. The van der Waals surface area contributed by atoms with E-state index in [1.807, 2.05) is 18.7 Å². The van der Waals surface area contributed by atoms with Gasteiger partial charge in [-0.2, -0.15) is 0 Å². The molecule has 0 radical (unpaired) electrons. The number of urea groups is 1. The van der Waals surface area contributed by atoms with Gasteiger partial charge in [-0.15, -0.1) is 0 Å². The van der Waals surface area contributed by atoms with Crippen molar-refractivity contribution in [1.29, 1.82) is 0 Å². The van der Waals surface area contributed by atoms with E-state index in [1.54, 1.807) is 0 Å². The number of carbonyl (C=O) groups is 2. The molecule has 2 unspecified atom stereocenters. The van der Waals surface area contributed by atoms with Crippen molar-refractivity contribution in [2.75, 3.05) is 19.7 Å². The lowest BCUT2D eigenvalue weighted by molar-refractivity contribution is -0.137. The molecule has 2 N–H and O–H groups in total. The van der Waals surface area contributed by atoms with Crippen LogP contribution in [0.3, 0.4) is 0 Å². The molecule has 1 saturated heterocycles. The number of unbranched alkanes of at least 4 members (excludes halogenated alkanes) is 3. The predicted octanol–water partition coefficient (Wildman–Crippen LogP) is 1.84. The first-order chi connectivity index (χ1) is 9.50. The molecule has 116 valence electrons. The number of carbonyl (C=O) groups excluding carboxylic acids is 1. The van der Waals surface area contributed by atoms with E-state index < -0.39 is 5.97 Å². The van der Waals surface area contributed by atoms with Crippen LogP contribution in [0.2, 0.25) is 0 Å². The van der Waals surface area contributed by atoms with Gasteiger partial charge < -0.3 is 20.1 Å². The Hall–Kier alpha value is -1.30. The Morgan fingerprint density at radius 3 is 2.65 bits per heavy atom. The van der Waals surface area contributed by atoms with Crippen molar-refractivity contribution in [2.24, 2.45) is 0 Å². The number of hydrogen-bond acceptors (Lipinski definition) is 3. The standard InChI is InChI=1S/C14H26N2O4/c1-11-10-20-12(2)9-16(11)14(19)15-8-6-4-3-5-7-13(17)18/h11-12H,3-10H2,1-2H3,(H,15,19)(H,17,18). The number of hydrogen-bond donors (Lipinski definition) is 2. The highest BCUT2D eigenvalue weighted by Crippen LogP contribution is 2.11. The van der Waals surface area contributed by atoms with Gasteiger partial charge in [-0.25, -0.2) is 4.79 Å². The van der Waals surface area contributed by atoms with E-state index >= 15 is 0 Å². The van der Waals surface area contributed by atoms with E-state index in [1.165, 1.54) is 0 Å². The van der Waals surface area contributed by atoms with Crippen molar-refractivity contribution in [3.05, 3.63) is 0 Å². The predicted molar refractivity (Wildman–Crippen MR) is 75.7 cm³/mol. The van der Waals surface area contributed by atoms with Gasteiger partial charge in [0.1, 0.15) is 0 Å². The third kappa shape index (κ3) is 6.23. The number of nitrogens with zero attached hydrogens (tertiary/aromatic N) is 1. The molecule has 1 rings (SSSR count). The van der Waals surface area contributed by atoms with Crippen LogP contribution in [-0.2, 0) is 9.53 Å². The molecule has 1 heterocycles. The monoisotopic (exact) mass is 286 g/mol. The third-order valence-electron chi connectivity index (χ3n) is 3.46. The van der Waals surface area contributed by atoms with Crippen LogP contribution in [0.15, 0.2) is 0 Å². The molecule has 0 aromatic rings. The molecule has 0 spiro atoms. The SMILES string of the molecule is CC1CN(C(=O)NCCCCCCC(=O)O)C(C)CO1. The number of nitrogens with one attached hydrogen (secondary N) is 1. The molecule has 1 aliphatic rings. The van der Waals surface area contributed by atoms with Crippen LogP contribution in [-0.4, -0.2) is 53.8 Å². The van der Waals surface area contributed by atoms with Crippen LogP contribution in [0, 0.1) is 0 Å². The van der Waals surface area contributed by atoms with E-state index in [-0.39, 0.29) is 24.6 Å². The van der Waals surface area contributed by atoms with Crippen molar-refractivity contribution in [2.45, 2.75) is 58.1 Å². The molecule has 6 nitrogen and oxygen atoms in total. The summed E-state index contributed by atoms with van der Waals surface area (Å²) in [5.41, 5.74) is 0. The lowest BCUT2D eigenvalue weighted by Gasteiger charge is -2.36. The Bertz CT molecular complexity index is 322. The summed E-state index contributed by atoms with van der Waals surface area (Å²) in [6, 6.07) is 0.0833. The van der Waals surface area contributed by atoms with Crippen LogP contribution in [0.5, 0.6) is 0 Å². The normalized spacial score (nSPS) is 22.6. The third-order valence-corrected chi connectivity index (χ3v) is 3.46. The number of carboxylic acid groups (broad SMARTS) is 1. The molecule has 1 aliphatic heterocycles. The zero-order chi connectivity index (χ0) is 15.0. The molecule has 2 atom stereocenters. The number of rotatable bonds is 7. The lowest BCUT2D eigenvalue weighted by Crippen LogP contribution is -2.53. The van der Waals surface area contributed by atoms with Crippen LogP contribution < -0.4 is 5.32 Å². The topological polar surface area (TPSA) is 78.9 Å². The van der Waals surface area contributed by atoms with Gasteiger partial charge in [0.25, 0.3) is 0 Å². The number of ether oxygens (including phenoxy) is 1. The second-order valence-corrected chi connectivity index (χ2v) is 5.44. The van der Waals surface area contributed by atoms with Gasteiger partial charge in [-0.1, -0.05) is 12.8 Å². The minimum atomic E-state index is -0.742. The number of aliphatic carboxylic acids is 1. The summed E-state index contributed by atoms with van der Waals surface area (Å²) >= 11 is 0. The lowest BCUT2D eigenvalue weighted by atomic mass is 10.1. The van der Waals surface area contributed by atoms with Gasteiger partial charge in [-0.3, -0.25) is 4.79 Å². The summed E-state index contributed by atoms with van der Waals surface area (Å²) in [6.07, 6.45) is 3.76. The Labute approximate surface area is 120 Å². The zero-order valence-corrected chi connectivity index (χ0v) is 12.4. The molecule has 0 aromatic carbocycles. The van der Waals surface area contributed by atoms with Crippen molar-refractivity contribution >= 4 is 12.0 Å². The Kier molecular flexibility index (Phi) is 7.36. The first-order valence-electron chi connectivity index (χ1n) is 7.38. The molecular weight excluding hydrogens is 260 g/mol. The van der Waals surface area contributed by atoms with Gasteiger partial charge in [0, 0.05) is 19.5 Å². The average Bonchev–Trinajstić information content (AvgIpc) is 2.39. The number of morpholine rings is 1. The molecule has 0 bridgehead atoms. The maximum atomic E-state index is 12.0. The van der Waals surface area contributed by atoms with Crippen molar-refractivity contribution in [1.82, 2.24) is 10.2 Å². The van der Waals surface area contributed by atoms with E-state index in [2.05, 4.69) is 5.32 Å². The van der Waals surface area contributed by atoms with Crippen LogP contribution in [0.4, 0.5) is 4.79 Å². The second kappa shape index (κ2) is 8.79. The highest BCUT2D eigenvalue weighted by molar-refractivity contribution is 5.74. The summed E-state index contributed by atoms with van der Waals surface area (Å²) < 4.78 is 5.49. The van der Waals surface area contributed by atoms with Gasteiger partial charge in [-0.05, 0) is 26.7 Å². The smallest absolute Gasteiger partial charge is 0.317 e. The molecule has 0 aliphatic carbocycles. The summed E-state index contributed by atoms with van der Waals surface area (Å²) in [5.74, 6) is -0.742. The average molecular weight is 286 g/mol. The highest BCUT2D eigenvalue weighted by atomic mass is 16.5. The fourth-order valence-corrected chi connectivity index (χ4v) is 2.24.